The monoisotopic (exact) mass is 758 g/mol. The molecule has 4 rings (SSSR count). The highest BCUT2D eigenvalue weighted by atomic mass is 19.3. The number of alkyl halides is 4. The second-order valence-corrected chi connectivity index (χ2v) is 13.6. The van der Waals surface area contributed by atoms with Gasteiger partial charge >= 0.3 is 30.7 Å². The number of nitrogens with zero attached hydrogens (tertiary/aromatic N) is 1. The number of benzene rings is 3. The number of esters is 1. The number of aromatic amines is 1. The molecule has 2 amide bonds. The summed E-state index contributed by atoms with van der Waals surface area (Å²) in [4.78, 5) is 54.1. The van der Waals surface area contributed by atoms with Crippen molar-refractivity contribution in [2.24, 2.45) is 0 Å². The van der Waals surface area contributed by atoms with E-state index in [0.717, 1.165) is 33.5 Å². The Morgan fingerprint density at radius 2 is 1.67 bits per heavy atom. The number of ether oxygens (including phenoxy) is 4. The average molecular weight is 759 g/mol. The summed E-state index contributed by atoms with van der Waals surface area (Å²) in [6, 6.07) is 14.6. The number of hydrogen-bond donors (Lipinski definition) is 3. The molecule has 0 saturated carbocycles. The van der Waals surface area contributed by atoms with Crippen molar-refractivity contribution in [3.05, 3.63) is 99.5 Å². The van der Waals surface area contributed by atoms with E-state index in [0.29, 0.717) is 16.6 Å². The summed E-state index contributed by atoms with van der Waals surface area (Å²) < 4.78 is 73.6. The van der Waals surface area contributed by atoms with Crippen molar-refractivity contribution in [3.8, 4) is 5.75 Å². The van der Waals surface area contributed by atoms with E-state index in [1.165, 1.54) is 20.2 Å². The van der Waals surface area contributed by atoms with Crippen LogP contribution in [0.25, 0.3) is 10.8 Å². The van der Waals surface area contributed by atoms with Crippen molar-refractivity contribution in [2.75, 3.05) is 31.4 Å². The summed E-state index contributed by atoms with van der Waals surface area (Å²) in [5, 5.41) is 6.80. The maximum atomic E-state index is 13.8. The van der Waals surface area contributed by atoms with Crippen LogP contribution in [0.15, 0.2) is 71.7 Å². The number of fused-ring (bicyclic) bond motifs is 1. The van der Waals surface area contributed by atoms with Gasteiger partial charge in [-0.05, 0) is 86.2 Å². The van der Waals surface area contributed by atoms with Crippen LogP contribution in [0.2, 0.25) is 0 Å². The van der Waals surface area contributed by atoms with Gasteiger partial charge in [0.05, 0.1) is 20.3 Å². The van der Waals surface area contributed by atoms with E-state index in [1.807, 2.05) is 13.8 Å². The Morgan fingerprint density at radius 1 is 0.963 bits per heavy atom. The minimum absolute atomic E-state index is 0.0471. The van der Waals surface area contributed by atoms with Crippen LogP contribution in [-0.2, 0) is 25.5 Å². The van der Waals surface area contributed by atoms with Crippen LogP contribution in [-0.4, -0.2) is 66.9 Å². The first kappa shape index (κ1) is 41.0. The largest absolute Gasteiger partial charge is 0.467 e. The molecule has 0 spiro atoms. The smallest absolute Gasteiger partial charge is 0.461 e. The normalized spacial score (nSPS) is 12.8. The molecule has 0 bridgehead atoms. The minimum Gasteiger partial charge on any atom is -0.467 e. The number of amides is 2. The molecule has 0 fully saturated rings. The number of rotatable bonds is 13. The lowest BCUT2D eigenvalue weighted by molar-refractivity contribution is -0.253. The van der Waals surface area contributed by atoms with E-state index in [9.17, 15) is 36.7 Å². The SMILES string of the molecule is COC(=O)C(Nc1ccc2cc[nH]c(=O)c2c1)c1ccc([C@@H](C)COC(=O)Nc2ccc(OC(F)(F)C(F)F)c(CN(C)C(=O)OC(C)(C)C)c2)c(C)c1. The number of nitrogens with one attached hydrogen (secondary N) is 3. The van der Waals surface area contributed by atoms with Crippen LogP contribution in [0.1, 0.15) is 61.9 Å². The van der Waals surface area contributed by atoms with Crippen molar-refractivity contribution in [1.29, 1.82) is 0 Å². The number of carbonyl (C=O) groups is 3. The van der Waals surface area contributed by atoms with E-state index >= 15 is 0 Å². The number of pyridine rings is 1. The first-order valence-electron chi connectivity index (χ1n) is 16.7. The summed E-state index contributed by atoms with van der Waals surface area (Å²) >= 11 is 0. The van der Waals surface area contributed by atoms with Gasteiger partial charge in [0.2, 0.25) is 0 Å². The molecule has 0 aliphatic carbocycles. The number of methoxy groups -OCH3 is 1. The topological polar surface area (TPSA) is 148 Å². The molecule has 1 heterocycles. The molecule has 3 aromatic carbocycles. The third kappa shape index (κ3) is 10.6. The molecule has 54 heavy (non-hydrogen) atoms. The fraction of sp³-hybridized carbons (Fsp3) is 0.368. The van der Waals surface area contributed by atoms with Crippen LogP contribution in [0.4, 0.5) is 38.5 Å². The van der Waals surface area contributed by atoms with E-state index in [4.69, 9.17) is 14.2 Å². The highest BCUT2D eigenvalue weighted by molar-refractivity contribution is 5.87. The number of halogens is 4. The van der Waals surface area contributed by atoms with Crippen LogP contribution < -0.4 is 20.9 Å². The Kier molecular flexibility index (Phi) is 12.8. The van der Waals surface area contributed by atoms with Gasteiger partial charge in [0, 0.05) is 41.5 Å². The Balaban J connectivity index is 1.45. The molecule has 12 nitrogen and oxygen atoms in total. The second kappa shape index (κ2) is 16.9. The molecule has 4 aromatic rings. The van der Waals surface area contributed by atoms with Crippen LogP contribution in [0.5, 0.6) is 5.75 Å². The summed E-state index contributed by atoms with van der Waals surface area (Å²) in [7, 11) is 2.58. The van der Waals surface area contributed by atoms with Crippen LogP contribution in [0.3, 0.4) is 0 Å². The highest BCUT2D eigenvalue weighted by Crippen LogP contribution is 2.33. The summed E-state index contributed by atoms with van der Waals surface area (Å²) in [6.45, 7) is 8.04. The van der Waals surface area contributed by atoms with E-state index in [1.54, 1.807) is 69.4 Å². The molecule has 0 aliphatic rings. The maximum Gasteiger partial charge on any atom is 0.461 e. The number of hydrogen-bond acceptors (Lipinski definition) is 9. The molecule has 1 aromatic heterocycles. The van der Waals surface area contributed by atoms with E-state index < -0.39 is 54.6 Å². The fourth-order valence-corrected chi connectivity index (χ4v) is 5.44. The lowest BCUT2D eigenvalue weighted by Gasteiger charge is -2.26. The van der Waals surface area contributed by atoms with Crippen molar-refractivity contribution < 1.29 is 50.9 Å². The van der Waals surface area contributed by atoms with Gasteiger partial charge in [0.15, 0.2) is 6.04 Å². The Hall–Kier alpha value is -5.80. The predicted molar refractivity (Wildman–Crippen MR) is 193 cm³/mol. The quantitative estimate of drug-likeness (QED) is 0.0699. The molecular weight excluding hydrogens is 716 g/mol. The van der Waals surface area contributed by atoms with Crippen LogP contribution in [0, 0.1) is 6.92 Å². The van der Waals surface area contributed by atoms with Gasteiger partial charge in [-0.2, -0.15) is 17.6 Å². The van der Waals surface area contributed by atoms with Crippen molar-refractivity contribution in [2.45, 2.75) is 71.3 Å². The second-order valence-electron chi connectivity index (χ2n) is 13.6. The van der Waals surface area contributed by atoms with Crippen molar-refractivity contribution in [3.63, 3.8) is 0 Å². The average Bonchev–Trinajstić information content (AvgIpc) is 3.09. The summed E-state index contributed by atoms with van der Waals surface area (Å²) in [5.74, 6) is -1.52. The van der Waals surface area contributed by atoms with Crippen molar-refractivity contribution >= 4 is 40.3 Å². The highest BCUT2D eigenvalue weighted by Gasteiger charge is 2.44. The number of aromatic nitrogens is 1. The van der Waals surface area contributed by atoms with Crippen molar-refractivity contribution in [1.82, 2.24) is 9.88 Å². The Labute approximate surface area is 308 Å². The zero-order valence-corrected chi connectivity index (χ0v) is 30.7. The molecule has 16 heteroatoms. The number of aryl methyl sites for hydroxylation is 1. The van der Waals surface area contributed by atoms with Gasteiger partial charge in [-0.3, -0.25) is 10.1 Å². The van der Waals surface area contributed by atoms with Gasteiger partial charge in [-0.1, -0.05) is 31.2 Å². The number of H-pyrrole nitrogens is 1. The molecule has 2 atom stereocenters. The van der Waals surface area contributed by atoms with Gasteiger partial charge in [0.25, 0.3) is 5.56 Å². The molecule has 0 radical (unpaired) electrons. The first-order valence-corrected chi connectivity index (χ1v) is 16.7. The standard InChI is InChI=1S/C38H42F4N4O8/c1-21-16-24(31(33(48)51-7)44-27-10-8-23-14-15-43-32(47)29(23)18-27)9-12-28(21)22(2)20-52-35(49)45-26-11-13-30(53-38(41,42)34(39)40)25(17-26)19-46(6)36(50)54-37(3,4)5/h8-18,22,31,34,44H,19-20H2,1-7H3,(H,43,47)(H,45,49)/t22-,31?/m0/s1. The molecule has 290 valence electrons. The fourth-order valence-electron chi connectivity index (χ4n) is 5.44. The number of carbonyl (C=O) groups excluding carboxylic acids is 3. The number of anilines is 2. The minimum atomic E-state index is -4.82. The van der Waals surface area contributed by atoms with Crippen LogP contribution >= 0.6 is 0 Å². The van der Waals surface area contributed by atoms with Gasteiger partial charge in [0.1, 0.15) is 11.4 Å². The zero-order valence-electron chi connectivity index (χ0n) is 30.7. The molecule has 1 unspecified atom stereocenters. The molecular formula is C38H42F4N4O8. The summed E-state index contributed by atoms with van der Waals surface area (Å²) in [6.07, 6.45) is -9.12. The predicted octanol–water partition coefficient (Wildman–Crippen LogP) is 8.12. The van der Waals surface area contributed by atoms with E-state index in [2.05, 4.69) is 20.4 Å². The third-order valence-electron chi connectivity index (χ3n) is 8.07. The zero-order chi connectivity index (χ0) is 40.0. The van der Waals surface area contributed by atoms with Gasteiger partial charge in [-0.25, -0.2) is 14.4 Å². The lowest BCUT2D eigenvalue weighted by atomic mass is 9.93. The molecule has 3 N–H and O–H groups in total. The summed E-state index contributed by atoms with van der Waals surface area (Å²) in [5.41, 5.74) is 1.48. The van der Waals surface area contributed by atoms with Gasteiger partial charge < -0.3 is 34.1 Å². The first-order chi connectivity index (χ1) is 25.3. The molecule has 0 saturated heterocycles. The third-order valence-corrected chi connectivity index (χ3v) is 8.07. The Bertz CT molecular complexity index is 2050. The lowest BCUT2D eigenvalue weighted by Crippen LogP contribution is -2.35. The van der Waals surface area contributed by atoms with Gasteiger partial charge in [-0.15, -0.1) is 0 Å². The Morgan fingerprint density at radius 3 is 2.31 bits per heavy atom. The maximum absolute atomic E-state index is 13.8. The van der Waals surface area contributed by atoms with E-state index in [-0.39, 0.29) is 29.3 Å². The molecule has 0 aliphatic heterocycles.